The third kappa shape index (κ3) is 4.01. The molecule has 1 aromatic heterocycles. The molecule has 0 aliphatic rings. The Morgan fingerprint density at radius 2 is 2.00 bits per heavy atom. The molecule has 0 spiro atoms. The summed E-state index contributed by atoms with van der Waals surface area (Å²) in [5, 5.41) is 12.0. The van der Waals surface area contributed by atoms with Crippen LogP contribution >= 0.6 is 11.8 Å². The van der Waals surface area contributed by atoms with Crippen LogP contribution in [0.5, 0.6) is 0 Å². The summed E-state index contributed by atoms with van der Waals surface area (Å²) in [6.07, 6.45) is 3.20. The first kappa shape index (κ1) is 13.4. The summed E-state index contributed by atoms with van der Waals surface area (Å²) in [4.78, 5) is 4.18. The van der Waals surface area contributed by atoms with Gasteiger partial charge in [-0.25, -0.2) is 4.98 Å². The van der Waals surface area contributed by atoms with Crippen LogP contribution in [0, 0.1) is 11.3 Å². The molecule has 19 heavy (non-hydrogen) atoms. The maximum atomic E-state index is 8.80. The highest BCUT2D eigenvalue weighted by Gasteiger charge is 1.98. The second kappa shape index (κ2) is 6.81. The van der Waals surface area contributed by atoms with E-state index >= 15 is 0 Å². The molecule has 4 heteroatoms. The fourth-order valence-corrected chi connectivity index (χ4v) is 2.13. The molecule has 0 fully saturated rings. The van der Waals surface area contributed by atoms with E-state index in [1.54, 1.807) is 6.07 Å². The Balaban J connectivity index is 2.04. The minimum Gasteiger partial charge on any atom is -0.340 e. The number of nitriles is 1. The summed E-state index contributed by atoms with van der Waals surface area (Å²) in [7, 11) is 0. The van der Waals surface area contributed by atoms with Crippen molar-refractivity contribution in [2.24, 2.45) is 0 Å². The lowest BCUT2D eigenvalue weighted by Gasteiger charge is -2.06. The highest BCUT2D eigenvalue weighted by molar-refractivity contribution is 7.98. The molecule has 1 aromatic carbocycles. The average Bonchev–Trinajstić information content (AvgIpc) is 2.47. The van der Waals surface area contributed by atoms with Gasteiger partial charge in [0.2, 0.25) is 0 Å². The minimum atomic E-state index is 0.418. The van der Waals surface area contributed by atoms with Crippen LogP contribution in [0.4, 0.5) is 11.5 Å². The largest absolute Gasteiger partial charge is 0.340 e. The molecule has 2 aromatic rings. The Morgan fingerprint density at radius 1 is 1.21 bits per heavy atom. The molecule has 0 radical (unpaired) electrons. The van der Waals surface area contributed by atoms with Gasteiger partial charge in [-0.15, -0.1) is 0 Å². The first-order valence-electron chi connectivity index (χ1n) is 6.04. The van der Waals surface area contributed by atoms with Crippen LogP contribution in [0.1, 0.15) is 11.3 Å². The van der Waals surface area contributed by atoms with Gasteiger partial charge in [0, 0.05) is 5.69 Å². The monoisotopic (exact) mass is 269 g/mol. The van der Waals surface area contributed by atoms with E-state index in [1.807, 2.05) is 42.1 Å². The fraction of sp³-hybridized carbons (Fsp3) is 0.200. The molecule has 0 unspecified atom stereocenters. The number of hydrogen-bond acceptors (Lipinski definition) is 4. The van der Waals surface area contributed by atoms with E-state index in [9.17, 15) is 0 Å². The molecule has 2 rings (SSSR count). The number of benzene rings is 1. The number of aryl methyl sites for hydroxylation is 1. The van der Waals surface area contributed by atoms with E-state index < -0.39 is 0 Å². The lowest BCUT2D eigenvalue weighted by molar-refractivity contribution is 1.16. The number of hydrogen-bond donors (Lipinski definition) is 1. The van der Waals surface area contributed by atoms with Crippen LogP contribution in [-0.4, -0.2) is 17.0 Å². The summed E-state index contributed by atoms with van der Waals surface area (Å²) in [5.74, 6) is 1.83. The summed E-state index contributed by atoms with van der Waals surface area (Å²) >= 11 is 1.85. The average molecular weight is 269 g/mol. The highest BCUT2D eigenvalue weighted by atomic mass is 32.2. The van der Waals surface area contributed by atoms with Crippen molar-refractivity contribution in [2.45, 2.75) is 6.42 Å². The molecule has 1 N–H and O–H groups in total. The smallest absolute Gasteiger partial charge is 0.142 e. The first-order chi connectivity index (χ1) is 9.31. The van der Waals surface area contributed by atoms with Crippen molar-refractivity contribution in [3.8, 4) is 6.07 Å². The van der Waals surface area contributed by atoms with Crippen molar-refractivity contribution < 1.29 is 0 Å². The Labute approximate surface area is 117 Å². The van der Waals surface area contributed by atoms with Crippen LogP contribution in [0.3, 0.4) is 0 Å². The third-order valence-electron chi connectivity index (χ3n) is 2.68. The third-order valence-corrected chi connectivity index (χ3v) is 3.30. The molecular formula is C15H15N3S. The van der Waals surface area contributed by atoms with Gasteiger partial charge < -0.3 is 5.32 Å². The van der Waals surface area contributed by atoms with E-state index in [2.05, 4.69) is 28.7 Å². The van der Waals surface area contributed by atoms with Crippen LogP contribution in [0.2, 0.25) is 0 Å². The van der Waals surface area contributed by atoms with Crippen LogP contribution in [0.25, 0.3) is 0 Å². The Morgan fingerprint density at radius 3 is 2.68 bits per heavy atom. The van der Waals surface area contributed by atoms with Crippen molar-refractivity contribution in [1.82, 2.24) is 4.98 Å². The summed E-state index contributed by atoms with van der Waals surface area (Å²) < 4.78 is 0. The molecule has 3 nitrogen and oxygen atoms in total. The number of aromatic nitrogens is 1. The number of pyridine rings is 1. The highest BCUT2D eigenvalue weighted by Crippen LogP contribution is 2.16. The predicted octanol–water partition coefficient (Wildman–Crippen LogP) is 3.60. The van der Waals surface area contributed by atoms with Crippen LogP contribution in [-0.2, 0) is 6.42 Å². The van der Waals surface area contributed by atoms with Crippen molar-refractivity contribution >= 4 is 23.3 Å². The Bertz CT molecular complexity index is 573. The van der Waals surface area contributed by atoms with Crippen molar-refractivity contribution in [1.29, 1.82) is 5.26 Å². The van der Waals surface area contributed by atoms with E-state index in [1.165, 1.54) is 5.56 Å². The second-order valence-corrected chi connectivity index (χ2v) is 5.07. The number of thioether (sulfide) groups is 1. The normalized spacial score (nSPS) is 9.89. The van der Waals surface area contributed by atoms with Gasteiger partial charge >= 0.3 is 0 Å². The zero-order valence-corrected chi connectivity index (χ0v) is 11.6. The van der Waals surface area contributed by atoms with Gasteiger partial charge in [0.05, 0.1) is 0 Å². The molecule has 0 atom stereocenters. The van der Waals surface area contributed by atoms with Gasteiger partial charge in [0.25, 0.3) is 0 Å². The van der Waals surface area contributed by atoms with E-state index in [4.69, 9.17) is 5.26 Å². The predicted molar refractivity (Wildman–Crippen MR) is 80.8 cm³/mol. The molecule has 96 valence electrons. The Kier molecular flexibility index (Phi) is 4.82. The SMILES string of the molecule is CSCCc1ccc(Nc2cccc(C#N)n2)cc1. The molecule has 0 aliphatic heterocycles. The van der Waals surface area contributed by atoms with E-state index in [0.717, 1.165) is 17.9 Å². The van der Waals surface area contributed by atoms with Crippen molar-refractivity contribution in [3.63, 3.8) is 0 Å². The van der Waals surface area contributed by atoms with Crippen molar-refractivity contribution in [2.75, 3.05) is 17.3 Å². The maximum Gasteiger partial charge on any atom is 0.142 e. The van der Waals surface area contributed by atoms with Gasteiger partial charge in [-0.3, -0.25) is 0 Å². The van der Waals surface area contributed by atoms with Gasteiger partial charge in [-0.2, -0.15) is 17.0 Å². The van der Waals surface area contributed by atoms with Crippen LogP contribution in [0.15, 0.2) is 42.5 Å². The van der Waals surface area contributed by atoms with E-state index in [-0.39, 0.29) is 0 Å². The van der Waals surface area contributed by atoms with Crippen molar-refractivity contribution in [3.05, 3.63) is 53.7 Å². The number of rotatable bonds is 5. The standard InChI is InChI=1S/C15H15N3S/c1-19-10-9-12-5-7-13(8-6-12)17-15-4-2-3-14(11-16)18-15/h2-8H,9-10H2,1H3,(H,17,18). The van der Waals surface area contributed by atoms with Gasteiger partial charge in [-0.1, -0.05) is 18.2 Å². The molecule has 1 heterocycles. The summed E-state index contributed by atoms with van der Waals surface area (Å²) in [6.45, 7) is 0. The molecule has 0 bridgehead atoms. The number of nitrogens with zero attached hydrogens (tertiary/aromatic N) is 2. The topological polar surface area (TPSA) is 48.7 Å². The lowest BCUT2D eigenvalue weighted by atomic mass is 10.1. The summed E-state index contributed by atoms with van der Waals surface area (Å²) in [5.41, 5.74) is 2.73. The van der Waals surface area contributed by atoms with Gasteiger partial charge in [0.1, 0.15) is 17.6 Å². The minimum absolute atomic E-state index is 0.418. The molecular weight excluding hydrogens is 254 g/mol. The lowest BCUT2D eigenvalue weighted by Crippen LogP contribution is -1.95. The molecule has 0 saturated heterocycles. The second-order valence-electron chi connectivity index (χ2n) is 4.08. The first-order valence-corrected chi connectivity index (χ1v) is 7.43. The maximum absolute atomic E-state index is 8.80. The molecule has 0 amide bonds. The Hall–Kier alpha value is -1.99. The number of nitrogens with one attached hydrogen (secondary N) is 1. The zero-order valence-electron chi connectivity index (χ0n) is 10.8. The van der Waals surface area contributed by atoms with Crippen LogP contribution < -0.4 is 5.32 Å². The fourth-order valence-electron chi connectivity index (χ4n) is 1.69. The molecule has 0 aliphatic carbocycles. The quantitative estimate of drug-likeness (QED) is 0.901. The summed E-state index contributed by atoms with van der Waals surface area (Å²) in [6, 6.07) is 15.7. The number of anilines is 2. The molecule has 0 saturated carbocycles. The van der Waals surface area contributed by atoms with Gasteiger partial charge in [-0.05, 0) is 48.3 Å². The zero-order chi connectivity index (χ0) is 13.5. The van der Waals surface area contributed by atoms with E-state index in [0.29, 0.717) is 11.5 Å². The van der Waals surface area contributed by atoms with Gasteiger partial charge in [0.15, 0.2) is 0 Å².